The fraction of sp³-hybridized carbons (Fsp3) is 0.278. The van der Waals surface area contributed by atoms with E-state index in [4.69, 9.17) is 9.47 Å². The summed E-state index contributed by atoms with van der Waals surface area (Å²) in [5.41, 5.74) is 1.86. The minimum Gasteiger partial charge on any atom is -0.491 e. The van der Waals surface area contributed by atoms with Gasteiger partial charge in [0.25, 0.3) is 5.91 Å². The lowest BCUT2D eigenvalue weighted by molar-refractivity contribution is 0.0775. The lowest BCUT2D eigenvalue weighted by Gasteiger charge is -2.19. The third kappa shape index (κ3) is 2.77. The van der Waals surface area contributed by atoms with E-state index in [0.29, 0.717) is 30.2 Å². The first-order valence-electron chi connectivity index (χ1n) is 8.12. The molecule has 0 radical (unpaired) electrons. The summed E-state index contributed by atoms with van der Waals surface area (Å²) in [7, 11) is 1.74. The van der Waals surface area contributed by atoms with Gasteiger partial charge in [0.15, 0.2) is 5.65 Å². The molecule has 7 nitrogen and oxygen atoms in total. The maximum atomic E-state index is 12.7. The second kappa shape index (κ2) is 6.08. The number of hydrogen-bond acceptors (Lipinski definition) is 5. The number of carbonyl (C=O) groups is 1. The van der Waals surface area contributed by atoms with E-state index < -0.39 is 0 Å². The van der Waals surface area contributed by atoms with Crippen molar-refractivity contribution in [2.45, 2.75) is 13.0 Å². The smallest absolute Gasteiger partial charge is 0.259 e. The second-order valence-electron chi connectivity index (χ2n) is 5.97. The maximum Gasteiger partial charge on any atom is 0.259 e. The Hall–Kier alpha value is -3.09. The van der Waals surface area contributed by atoms with Crippen LogP contribution >= 0.6 is 0 Å². The molecule has 128 valence electrons. The van der Waals surface area contributed by atoms with E-state index in [1.165, 1.54) is 6.20 Å². The lowest BCUT2D eigenvalue weighted by atomic mass is 10.1. The molecule has 1 amide bonds. The Bertz CT molecular complexity index is 937. The lowest BCUT2D eigenvalue weighted by Crippen LogP contribution is -2.31. The van der Waals surface area contributed by atoms with Gasteiger partial charge in [0.2, 0.25) is 5.88 Å². The monoisotopic (exact) mass is 338 g/mol. The van der Waals surface area contributed by atoms with Crippen LogP contribution in [0.15, 0.2) is 42.7 Å². The number of carbonyl (C=O) groups excluding carboxylic acids is 1. The van der Waals surface area contributed by atoms with Crippen LogP contribution in [-0.2, 0) is 0 Å². The van der Waals surface area contributed by atoms with Gasteiger partial charge < -0.3 is 14.4 Å². The molecule has 0 saturated carbocycles. The van der Waals surface area contributed by atoms with Gasteiger partial charge in [0.1, 0.15) is 24.0 Å². The van der Waals surface area contributed by atoms with Crippen LogP contribution in [-0.4, -0.2) is 45.6 Å². The van der Waals surface area contributed by atoms with E-state index in [1.807, 2.05) is 31.2 Å². The number of aromatic nitrogens is 3. The van der Waals surface area contributed by atoms with Crippen LogP contribution in [0.5, 0.6) is 11.6 Å². The van der Waals surface area contributed by atoms with Crippen LogP contribution in [0.25, 0.3) is 5.65 Å². The number of para-hydroxylation sites is 1. The first kappa shape index (κ1) is 15.4. The maximum absolute atomic E-state index is 12.7. The summed E-state index contributed by atoms with van der Waals surface area (Å²) < 4.78 is 13.5. The average molecular weight is 338 g/mol. The third-order valence-corrected chi connectivity index (χ3v) is 4.26. The molecular formula is C18H18N4O3. The molecule has 25 heavy (non-hydrogen) atoms. The predicted molar refractivity (Wildman–Crippen MR) is 90.9 cm³/mol. The highest BCUT2D eigenvalue weighted by Crippen LogP contribution is 2.29. The highest BCUT2D eigenvalue weighted by Gasteiger charge is 2.21. The number of amides is 1. The second-order valence-corrected chi connectivity index (χ2v) is 5.97. The van der Waals surface area contributed by atoms with Crippen molar-refractivity contribution in [2.24, 2.45) is 0 Å². The summed E-state index contributed by atoms with van der Waals surface area (Å²) in [5.74, 6) is 1.04. The molecule has 4 rings (SSSR count). The minimum absolute atomic E-state index is 0.149. The van der Waals surface area contributed by atoms with Gasteiger partial charge in [-0.25, -0.2) is 4.52 Å². The standard InChI is InChI=1S/C18H18N4O3/c1-12-13-5-3-4-6-15(13)24-10-9-21(2)18(23)14-11-19-22-8-7-16(25-12)20-17(14)22/h3-8,11-12H,9-10H2,1-2H3. The van der Waals surface area contributed by atoms with Gasteiger partial charge in [-0.1, -0.05) is 18.2 Å². The van der Waals surface area contributed by atoms with Crippen molar-refractivity contribution in [1.82, 2.24) is 19.5 Å². The van der Waals surface area contributed by atoms with Gasteiger partial charge >= 0.3 is 0 Å². The molecule has 1 aliphatic rings. The van der Waals surface area contributed by atoms with Crippen LogP contribution < -0.4 is 9.47 Å². The van der Waals surface area contributed by atoms with E-state index in [2.05, 4.69) is 10.1 Å². The van der Waals surface area contributed by atoms with Crippen molar-refractivity contribution in [2.75, 3.05) is 20.2 Å². The Balaban J connectivity index is 1.82. The molecule has 1 aliphatic heterocycles. The number of hydrogen-bond donors (Lipinski definition) is 0. The summed E-state index contributed by atoms with van der Waals surface area (Å²) in [4.78, 5) is 18.8. The Morgan fingerprint density at radius 1 is 1.24 bits per heavy atom. The van der Waals surface area contributed by atoms with Crippen molar-refractivity contribution >= 4 is 11.6 Å². The number of nitrogens with zero attached hydrogens (tertiary/aromatic N) is 4. The number of fused-ring (bicyclic) bond motifs is 2. The Kier molecular flexibility index (Phi) is 3.76. The SMILES string of the molecule is CC1Oc2ccn3ncc(c3n2)C(=O)N(C)CCOc2ccccc21. The van der Waals surface area contributed by atoms with Crippen molar-refractivity contribution in [3.8, 4) is 11.6 Å². The largest absolute Gasteiger partial charge is 0.491 e. The molecule has 0 fully saturated rings. The highest BCUT2D eigenvalue weighted by atomic mass is 16.5. The van der Waals surface area contributed by atoms with E-state index in [0.717, 1.165) is 11.3 Å². The molecule has 3 heterocycles. The quantitative estimate of drug-likeness (QED) is 0.629. The van der Waals surface area contributed by atoms with Crippen molar-refractivity contribution < 1.29 is 14.3 Å². The molecule has 1 unspecified atom stereocenters. The molecule has 1 aromatic carbocycles. The third-order valence-electron chi connectivity index (χ3n) is 4.26. The van der Waals surface area contributed by atoms with Crippen molar-refractivity contribution in [3.63, 3.8) is 0 Å². The molecule has 2 aromatic heterocycles. The first-order chi connectivity index (χ1) is 12.1. The molecule has 0 aliphatic carbocycles. The van der Waals surface area contributed by atoms with Crippen LogP contribution in [0.1, 0.15) is 28.9 Å². The van der Waals surface area contributed by atoms with Crippen LogP contribution in [0.4, 0.5) is 0 Å². The molecular weight excluding hydrogens is 320 g/mol. The summed E-state index contributed by atoms with van der Waals surface area (Å²) in [6.45, 7) is 2.79. The minimum atomic E-state index is -0.244. The van der Waals surface area contributed by atoms with E-state index in [1.54, 1.807) is 28.7 Å². The number of likely N-dealkylation sites (N-methyl/N-ethyl adjacent to an activating group) is 1. The molecule has 7 heteroatoms. The highest BCUT2D eigenvalue weighted by molar-refractivity contribution is 5.99. The Labute approximate surface area is 144 Å². The number of ether oxygens (including phenoxy) is 2. The molecule has 0 N–H and O–H groups in total. The van der Waals surface area contributed by atoms with Crippen LogP contribution in [0, 0.1) is 0 Å². The fourth-order valence-corrected chi connectivity index (χ4v) is 2.86. The normalized spacial score (nSPS) is 17.9. The molecule has 0 spiro atoms. The number of rotatable bonds is 0. The average Bonchev–Trinajstić information content (AvgIpc) is 3.04. The van der Waals surface area contributed by atoms with Crippen LogP contribution in [0.2, 0.25) is 0 Å². The summed E-state index contributed by atoms with van der Waals surface area (Å²) >= 11 is 0. The zero-order valence-electron chi connectivity index (χ0n) is 14.0. The molecule has 0 saturated heterocycles. The van der Waals surface area contributed by atoms with Gasteiger partial charge in [-0.15, -0.1) is 0 Å². The van der Waals surface area contributed by atoms with Gasteiger partial charge in [-0.2, -0.15) is 10.1 Å². The zero-order valence-corrected chi connectivity index (χ0v) is 14.0. The van der Waals surface area contributed by atoms with Gasteiger partial charge in [-0.05, 0) is 13.0 Å². The molecule has 3 aromatic rings. The number of benzene rings is 1. The van der Waals surface area contributed by atoms with Crippen molar-refractivity contribution in [1.29, 1.82) is 0 Å². The van der Waals surface area contributed by atoms with Gasteiger partial charge in [0, 0.05) is 24.9 Å². The molecule has 1 atom stereocenters. The Morgan fingerprint density at radius 3 is 2.96 bits per heavy atom. The summed E-state index contributed by atoms with van der Waals surface area (Å²) in [6.07, 6.45) is 3.03. The predicted octanol–water partition coefficient (Wildman–Crippen LogP) is 2.33. The topological polar surface area (TPSA) is 69.0 Å². The van der Waals surface area contributed by atoms with E-state index >= 15 is 0 Å². The summed E-state index contributed by atoms with van der Waals surface area (Å²) in [6, 6.07) is 9.47. The van der Waals surface area contributed by atoms with E-state index in [9.17, 15) is 4.79 Å². The molecule has 2 bridgehead atoms. The van der Waals surface area contributed by atoms with Gasteiger partial charge in [0.05, 0.1) is 12.7 Å². The van der Waals surface area contributed by atoms with Crippen LogP contribution in [0.3, 0.4) is 0 Å². The van der Waals surface area contributed by atoms with Gasteiger partial charge in [-0.3, -0.25) is 4.79 Å². The Morgan fingerprint density at radius 2 is 2.08 bits per heavy atom. The first-order valence-corrected chi connectivity index (χ1v) is 8.12. The van der Waals surface area contributed by atoms with Crippen molar-refractivity contribution in [3.05, 3.63) is 53.9 Å². The fourth-order valence-electron chi connectivity index (χ4n) is 2.86. The van der Waals surface area contributed by atoms with E-state index in [-0.39, 0.29) is 12.0 Å². The summed E-state index contributed by atoms with van der Waals surface area (Å²) in [5, 5.41) is 4.19. The zero-order chi connectivity index (χ0) is 17.4.